The molecule has 0 radical (unpaired) electrons. The first-order chi connectivity index (χ1) is 7.88. The highest BCUT2D eigenvalue weighted by Gasteiger charge is 2.19. The Hall–Kier alpha value is -1.49. The average molecular weight is 254 g/mol. The molecule has 5 heteroatoms. The van der Waals surface area contributed by atoms with E-state index in [-0.39, 0.29) is 11.5 Å². The van der Waals surface area contributed by atoms with Crippen LogP contribution in [0.3, 0.4) is 0 Å². The number of benzene rings is 1. The van der Waals surface area contributed by atoms with Gasteiger partial charge in [0.1, 0.15) is 22.8 Å². The highest BCUT2D eigenvalue weighted by atomic mass is 32.2. The molecule has 1 N–H and O–H groups in total. The van der Waals surface area contributed by atoms with Crippen molar-refractivity contribution in [3.05, 3.63) is 30.0 Å². The topological polar surface area (TPSA) is 67.5 Å². The molecule has 0 amide bonds. The number of aromatic hydroxyl groups is 1. The Morgan fingerprint density at radius 3 is 2.65 bits per heavy atom. The van der Waals surface area contributed by atoms with E-state index < -0.39 is 15.1 Å². The van der Waals surface area contributed by atoms with E-state index in [1.165, 1.54) is 6.07 Å². The SMILES string of the molecule is CC(C)S(=O)(=O)Cc1cc2cc(O)ccc2o1. The third-order valence-corrected chi connectivity index (χ3v) is 4.74. The molecule has 0 bridgehead atoms. The van der Waals surface area contributed by atoms with Gasteiger partial charge in [-0.15, -0.1) is 0 Å². The number of phenolic OH excluding ortho intramolecular Hbond substituents is 1. The summed E-state index contributed by atoms with van der Waals surface area (Å²) in [4.78, 5) is 0. The average Bonchev–Trinajstić information content (AvgIpc) is 2.57. The molecule has 2 rings (SSSR count). The Morgan fingerprint density at radius 2 is 2.00 bits per heavy atom. The van der Waals surface area contributed by atoms with Gasteiger partial charge in [0.2, 0.25) is 0 Å². The van der Waals surface area contributed by atoms with Crippen molar-refractivity contribution in [3.8, 4) is 5.75 Å². The second-order valence-electron chi connectivity index (χ2n) is 4.29. The van der Waals surface area contributed by atoms with Gasteiger partial charge in [0.25, 0.3) is 0 Å². The van der Waals surface area contributed by atoms with Crippen molar-refractivity contribution < 1.29 is 17.9 Å². The van der Waals surface area contributed by atoms with Crippen LogP contribution in [0.4, 0.5) is 0 Å². The molecule has 0 aliphatic rings. The number of fused-ring (bicyclic) bond motifs is 1. The Bertz CT molecular complexity index is 638. The molecule has 0 atom stereocenters. The molecule has 0 saturated carbocycles. The Morgan fingerprint density at radius 1 is 1.29 bits per heavy atom. The number of rotatable bonds is 3. The van der Waals surface area contributed by atoms with Gasteiger partial charge in [-0.2, -0.15) is 0 Å². The summed E-state index contributed by atoms with van der Waals surface area (Å²) in [7, 11) is -3.17. The number of furan rings is 1. The summed E-state index contributed by atoms with van der Waals surface area (Å²) in [5.41, 5.74) is 0.580. The lowest BCUT2D eigenvalue weighted by Crippen LogP contribution is -2.15. The molecule has 1 aromatic carbocycles. The lowest BCUT2D eigenvalue weighted by Gasteiger charge is -2.04. The van der Waals surface area contributed by atoms with Crippen molar-refractivity contribution in [3.63, 3.8) is 0 Å². The number of hydrogen-bond donors (Lipinski definition) is 1. The van der Waals surface area contributed by atoms with Crippen molar-refractivity contribution in [1.82, 2.24) is 0 Å². The van der Waals surface area contributed by atoms with Gasteiger partial charge >= 0.3 is 0 Å². The third kappa shape index (κ3) is 2.44. The Kier molecular flexibility index (Phi) is 2.87. The minimum Gasteiger partial charge on any atom is -0.508 e. The summed E-state index contributed by atoms with van der Waals surface area (Å²) in [6, 6.07) is 6.32. The summed E-state index contributed by atoms with van der Waals surface area (Å²) < 4.78 is 28.9. The number of sulfone groups is 1. The highest BCUT2D eigenvalue weighted by molar-refractivity contribution is 7.91. The fourth-order valence-corrected chi connectivity index (χ4v) is 2.39. The molecule has 0 aliphatic heterocycles. The van der Waals surface area contributed by atoms with Crippen LogP contribution in [-0.4, -0.2) is 18.8 Å². The maximum Gasteiger partial charge on any atom is 0.159 e. The fraction of sp³-hybridized carbons (Fsp3) is 0.333. The third-order valence-electron chi connectivity index (χ3n) is 2.61. The van der Waals surface area contributed by atoms with Gasteiger partial charge in [0.15, 0.2) is 9.84 Å². The van der Waals surface area contributed by atoms with Crippen molar-refractivity contribution in [2.75, 3.05) is 0 Å². The van der Waals surface area contributed by atoms with Crippen LogP contribution in [0.15, 0.2) is 28.7 Å². The van der Waals surface area contributed by atoms with E-state index in [1.54, 1.807) is 32.0 Å². The van der Waals surface area contributed by atoms with Crippen LogP contribution in [0.25, 0.3) is 11.0 Å². The van der Waals surface area contributed by atoms with E-state index in [0.29, 0.717) is 16.7 Å². The monoisotopic (exact) mass is 254 g/mol. The van der Waals surface area contributed by atoms with Gasteiger partial charge in [0, 0.05) is 5.39 Å². The first-order valence-corrected chi connectivity index (χ1v) is 7.03. The summed E-state index contributed by atoms with van der Waals surface area (Å²) in [5.74, 6) is 0.427. The number of hydrogen-bond acceptors (Lipinski definition) is 4. The van der Waals surface area contributed by atoms with Gasteiger partial charge < -0.3 is 9.52 Å². The molecule has 1 heterocycles. The van der Waals surface area contributed by atoms with Crippen LogP contribution >= 0.6 is 0 Å². The normalized spacial score (nSPS) is 12.4. The molecule has 0 unspecified atom stereocenters. The van der Waals surface area contributed by atoms with Crippen molar-refractivity contribution in [1.29, 1.82) is 0 Å². The predicted molar refractivity (Wildman–Crippen MR) is 65.6 cm³/mol. The molecular formula is C12H14O4S. The van der Waals surface area contributed by atoms with E-state index in [2.05, 4.69) is 0 Å². The molecule has 1 aromatic heterocycles. The molecule has 2 aromatic rings. The van der Waals surface area contributed by atoms with Crippen molar-refractivity contribution in [2.24, 2.45) is 0 Å². The Balaban J connectivity index is 2.38. The molecule has 0 spiro atoms. The second-order valence-corrected chi connectivity index (χ2v) is 6.85. The quantitative estimate of drug-likeness (QED) is 0.913. The van der Waals surface area contributed by atoms with E-state index in [4.69, 9.17) is 4.42 Å². The van der Waals surface area contributed by atoms with Gasteiger partial charge in [-0.1, -0.05) is 0 Å². The van der Waals surface area contributed by atoms with Gasteiger partial charge in [-0.3, -0.25) is 0 Å². The summed E-state index contributed by atoms with van der Waals surface area (Å²) in [5, 5.41) is 9.58. The minimum atomic E-state index is -3.17. The standard InChI is InChI=1S/C12H14O4S/c1-8(2)17(14,15)7-11-6-9-5-10(13)3-4-12(9)16-11/h3-6,8,13H,7H2,1-2H3. The maximum absolute atomic E-state index is 11.7. The van der Waals surface area contributed by atoms with Crippen LogP contribution in [0.1, 0.15) is 19.6 Å². The largest absolute Gasteiger partial charge is 0.508 e. The molecule has 17 heavy (non-hydrogen) atoms. The summed E-state index contributed by atoms with van der Waals surface area (Å²) >= 11 is 0. The lowest BCUT2D eigenvalue weighted by molar-refractivity contribution is 0.475. The zero-order valence-electron chi connectivity index (χ0n) is 9.67. The van der Waals surface area contributed by atoms with E-state index in [1.807, 2.05) is 0 Å². The summed E-state index contributed by atoms with van der Waals surface area (Å²) in [6.45, 7) is 3.29. The fourth-order valence-electron chi connectivity index (χ4n) is 1.52. The Labute approximate surface area is 99.8 Å². The molecule has 4 nitrogen and oxygen atoms in total. The predicted octanol–water partition coefficient (Wildman–Crippen LogP) is 2.46. The molecular weight excluding hydrogens is 240 g/mol. The molecule has 0 fully saturated rings. The van der Waals surface area contributed by atoms with E-state index >= 15 is 0 Å². The van der Waals surface area contributed by atoms with Crippen molar-refractivity contribution >= 4 is 20.8 Å². The van der Waals surface area contributed by atoms with Crippen LogP contribution in [-0.2, 0) is 15.6 Å². The maximum atomic E-state index is 11.7. The lowest BCUT2D eigenvalue weighted by atomic mass is 10.2. The first kappa shape index (κ1) is 12.0. The smallest absolute Gasteiger partial charge is 0.159 e. The van der Waals surface area contributed by atoms with Gasteiger partial charge in [-0.25, -0.2) is 8.42 Å². The second kappa shape index (κ2) is 4.07. The van der Waals surface area contributed by atoms with E-state index in [0.717, 1.165) is 0 Å². The van der Waals surface area contributed by atoms with E-state index in [9.17, 15) is 13.5 Å². The van der Waals surface area contributed by atoms with Gasteiger partial charge in [-0.05, 0) is 38.1 Å². The zero-order valence-corrected chi connectivity index (χ0v) is 10.5. The molecule has 0 saturated heterocycles. The highest BCUT2D eigenvalue weighted by Crippen LogP contribution is 2.25. The minimum absolute atomic E-state index is 0.111. The van der Waals surface area contributed by atoms with Crippen LogP contribution < -0.4 is 0 Å². The van der Waals surface area contributed by atoms with Crippen LogP contribution in [0, 0.1) is 0 Å². The molecule has 92 valence electrons. The summed E-state index contributed by atoms with van der Waals surface area (Å²) in [6.07, 6.45) is 0. The van der Waals surface area contributed by atoms with Gasteiger partial charge in [0.05, 0.1) is 5.25 Å². The van der Waals surface area contributed by atoms with Crippen molar-refractivity contribution in [2.45, 2.75) is 24.9 Å². The molecule has 0 aliphatic carbocycles. The number of phenols is 1. The first-order valence-electron chi connectivity index (χ1n) is 5.31. The zero-order chi connectivity index (χ0) is 12.6. The van der Waals surface area contributed by atoms with Crippen LogP contribution in [0.5, 0.6) is 5.75 Å². The van der Waals surface area contributed by atoms with Crippen LogP contribution in [0.2, 0.25) is 0 Å².